The van der Waals surface area contributed by atoms with Crippen molar-refractivity contribution < 1.29 is 5.11 Å². The first kappa shape index (κ1) is 13.6. The van der Waals surface area contributed by atoms with Gasteiger partial charge in [0.15, 0.2) is 0 Å². The molecule has 1 heterocycles. The number of aromatic hydroxyl groups is 1. The zero-order chi connectivity index (χ0) is 14.6. The summed E-state index contributed by atoms with van der Waals surface area (Å²) in [5.74, 6) is 1.15. The molecule has 1 N–H and O–H groups in total. The van der Waals surface area contributed by atoms with Gasteiger partial charge < -0.3 is 9.67 Å². The van der Waals surface area contributed by atoms with Crippen LogP contribution in [-0.4, -0.2) is 14.7 Å². The highest BCUT2D eigenvalue weighted by molar-refractivity contribution is 14.1. The van der Waals surface area contributed by atoms with E-state index in [1.807, 2.05) is 24.3 Å². The number of fused-ring (bicyclic) bond motifs is 1. The van der Waals surface area contributed by atoms with Gasteiger partial charge in [-0.2, -0.15) is 0 Å². The monoisotopic (exact) mass is 454 g/mol. The molecule has 21 heavy (non-hydrogen) atoms. The lowest BCUT2D eigenvalue weighted by atomic mass is 10.2. The van der Waals surface area contributed by atoms with Gasteiger partial charge in [0.2, 0.25) is 0 Å². The van der Waals surface area contributed by atoms with E-state index in [9.17, 15) is 5.11 Å². The molecule has 4 rings (SSSR count). The molecule has 1 saturated carbocycles. The van der Waals surface area contributed by atoms with Crippen molar-refractivity contribution in [2.45, 2.75) is 18.9 Å². The van der Waals surface area contributed by atoms with Crippen molar-refractivity contribution >= 4 is 49.6 Å². The van der Waals surface area contributed by atoms with E-state index in [4.69, 9.17) is 4.98 Å². The van der Waals surface area contributed by atoms with Crippen molar-refractivity contribution in [1.29, 1.82) is 0 Å². The Balaban J connectivity index is 2.03. The zero-order valence-corrected chi connectivity index (χ0v) is 14.8. The van der Waals surface area contributed by atoms with Gasteiger partial charge in [-0.1, -0.05) is 15.9 Å². The van der Waals surface area contributed by atoms with Gasteiger partial charge in [-0.05, 0) is 71.8 Å². The van der Waals surface area contributed by atoms with Gasteiger partial charge in [0.25, 0.3) is 0 Å². The van der Waals surface area contributed by atoms with Crippen LogP contribution in [0.25, 0.3) is 22.4 Å². The molecule has 0 atom stereocenters. The quantitative estimate of drug-likeness (QED) is 0.546. The Bertz CT molecular complexity index is 855. The normalized spacial score (nSPS) is 14.8. The number of aromatic nitrogens is 2. The first-order valence-corrected chi connectivity index (χ1v) is 8.67. The first-order chi connectivity index (χ1) is 10.1. The van der Waals surface area contributed by atoms with Crippen LogP contribution in [0, 0.1) is 3.57 Å². The maximum Gasteiger partial charge on any atom is 0.145 e. The SMILES string of the molecule is Oc1ccc(I)cc1-c1nc2cc(Br)ccc2n1C1CC1. The van der Waals surface area contributed by atoms with Crippen LogP contribution in [0.4, 0.5) is 0 Å². The minimum Gasteiger partial charge on any atom is -0.507 e. The number of rotatable bonds is 2. The summed E-state index contributed by atoms with van der Waals surface area (Å²) in [4.78, 5) is 4.78. The van der Waals surface area contributed by atoms with E-state index in [1.165, 1.54) is 12.8 Å². The second-order valence-corrected chi connectivity index (χ2v) is 7.49. The summed E-state index contributed by atoms with van der Waals surface area (Å²) in [5.41, 5.74) is 2.90. The van der Waals surface area contributed by atoms with Gasteiger partial charge in [-0.25, -0.2) is 4.98 Å². The van der Waals surface area contributed by atoms with E-state index in [-0.39, 0.29) is 5.75 Å². The number of nitrogens with zero attached hydrogens (tertiary/aromatic N) is 2. The Labute approximate surface area is 144 Å². The van der Waals surface area contributed by atoms with Gasteiger partial charge in [-0.15, -0.1) is 0 Å². The number of hydrogen-bond donors (Lipinski definition) is 1. The fourth-order valence-corrected chi connectivity index (χ4v) is 3.49. The fraction of sp³-hybridized carbons (Fsp3) is 0.188. The molecule has 0 unspecified atom stereocenters. The second-order valence-electron chi connectivity index (χ2n) is 5.33. The minimum absolute atomic E-state index is 0.284. The van der Waals surface area contributed by atoms with E-state index in [0.717, 1.165) is 30.5 Å². The third-order valence-corrected chi connectivity index (χ3v) is 4.93. The lowest BCUT2D eigenvalue weighted by Gasteiger charge is -2.09. The maximum atomic E-state index is 10.2. The first-order valence-electron chi connectivity index (χ1n) is 6.80. The fourth-order valence-electron chi connectivity index (χ4n) is 2.65. The van der Waals surface area contributed by atoms with Crippen molar-refractivity contribution in [1.82, 2.24) is 9.55 Å². The van der Waals surface area contributed by atoms with Crippen LogP contribution in [0.15, 0.2) is 40.9 Å². The number of hydrogen-bond acceptors (Lipinski definition) is 2. The average Bonchev–Trinajstić information content (AvgIpc) is 3.22. The van der Waals surface area contributed by atoms with Crippen molar-refractivity contribution in [3.8, 4) is 17.1 Å². The summed E-state index contributed by atoms with van der Waals surface area (Å²) in [5, 5.41) is 10.2. The molecule has 0 radical (unpaired) electrons. The Hall–Kier alpha value is -1.08. The second kappa shape index (κ2) is 4.98. The van der Waals surface area contributed by atoms with E-state index >= 15 is 0 Å². The lowest BCUT2D eigenvalue weighted by Crippen LogP contribution is -1.97. The van der Waals surface area contributed by atoms with E-state index in [2.05, 4.69) is 49.2 Å². The highest BCUT2D eigenvalue weighted by Crippen LogP contribution is 2.43. The predicted molar refractivity (Wildman–Crippen MR) is 95.5 cm³/mol. The van der Waals surface area contributed by atoms with Crippen LogP contribution < -0.4 is 0 Å². The lowest BCUT2D eigenvalue weighted by molar-refractivity contribution is 0.476. The van der Waals surface area contributed by atoms with Crippen molar-refractivity contribution in [3.05, 3.63) is 44.4 Å². The Morgan fingerprint density at radius 3 is 2.76 bits per heavy atom. The largest absolute Gasteiger partial charge is 0.507 e. The maximum absolute atomic E-state index is 10.2. The van der Waals surface area contributed by atoms with Crippen LogP contribution in [0.3, 0.4) is 0 Å². The molecule has 2 aromatic carbocycles. The van der Waals surface area contributed by atoms with Crippen LogP contribution in [0.1, 0.15) is 18.9 Å². The average molecular weight is 455 g/mol. The van der Waals surface area contributed by atoms with Gasteiger partial charge in [-0.3, -0.25) is 0 Å². The molecule has 3 aromatic rings. The van der Waals surface area contributed by atoms with Gasteiger partial charge in [0.1, 0.15) is 11.6 Å². The highest BCUT2D eigenvalue weighted by atomic mass is 127. The third-order valence-electron chi connectivity index (χ3n) is 3.76. The molecule has 1 aliphatic rings. The molecule has 0 aliphatic heterocycles. The Kier molecular flexibility index (Phi) is 3.22. The Morgan fingerprint density at radius 2 is 2.00 bits per heavy atom. The highest BCUT2D eigenvalue weighted by Gasteiger charge is 2.29. The summed E-state index contributed by atoms with van der Waals surface area (Å²) < 4.78 is 4.39. The van der Waals surface area contributed by atoms with E-state index in [0.29, 0.717) is 6.04 Å². The Morgan fingerprint density at radius 1 is 1.19 bits per heavy atom. The summed E-state index contributed by atoms with van der Waals surface area (Å²) >= 11 is 5.76. The summed E-state index contributed by atoms with van der Waals surface area (Å²) in [6.07, 6.45) is 2.36. The van der Waals surface area contributed by atoms with Crippen LogP contribution in [-0.2, 0) is 0 Å². The molecular weight excluding hydrogens is 443 g/mol. The van der Waals surface area contributed by atoms with Gasteiger partial charge >= 0.3 is 0 Å². The number of imidazole rings is 1. The molecule has 5 heteroatoms. The molecule has 0 amide bonds. The van der Waals surface area contributed by atoms with E-state index < -0.39 is 0 Å². The molecular formula is C16H12BrIN2O. The zero-order valence-electron chi connectivity index (χ0n) is 11.1. The van der Waals surface area contributed by atoms with Crippen molar-refractivity contribution in [2.24, 2.45) is 0 Å². The standard InChI is InChI=1S/C16H12BrIN2O/c17-9-1-5-14-13(7-9)19-16(20(14)11-3-4-11)12-8-10(18)2-6-15(12)21/h1-2,5-8,11,21H,3-4H2. The molecule has 1 aromatic heterocycles. The molecule has 1 fully saturated rings. The van der Waals surface area contributed by atoms with E-state index in [1.54, 1.807) is 6.07 Å². The number of phenolic OH excluding ortho intramolecular Hbond substituents is 1. The molecule has 3 nitrogen and oxygen atoms in total. The minimum atomic E-state index is 0.284. The smallest absolute Gasteiger partial charge is 0.145 e. The van der Waals surface area contributed by atoms with Crippen LogP contribution in [0.5, 0.6) is 5.75 Å². The third kappa shape index (κ3) is 2.36. The summed E-state index contributed by atoms with van der Waals surface area (Å²) in [6, 6.07) is 12.3. The molecule has 0 saturated heterocycles. The molecule has 0 bridgehead atoms. The molecule has 0 spiro atoms. The molecule has 106 valence electrons. The molecule has 1 aliphatic carbocycles. The topological polar surface area (TPSA) is 38.1 Å². The van der Waals surface area contributed by atoms with Gasteiger partial charge in [0.05, 0.1) is 16.6 Å². The summed E-state index contributed by atoms with van der Waals surface area (Å²) in [7, 11) is 0. The number of phenols is 1. The van der Waals surface area contributed by atoms with Crippen LogP contribution >= 0.6 is 38.5 Å². The predicted octanol–water partition coefficient (Wildman–Crippen LogP) is 5.11. The number of benzene rings is 2. The van der Waals surface area contributed by atoms with Crippen LogP contribution in [0.2, 0.25) is 0 Å². The summed E-state index contributed by atoms with van der Waals surface area (Å²) in [6.45, 7) is 0. The van der Waals surface area contributed by atoms with Crippen molar-refractivity contribution in [3.63, 3.8) is 0 Å². The van der Waals surface area contributed by atoms with Crippen molar-refractivity contribution in [2.75, 3.05) is 0 Å². The number of halogens is 2. The van der Waals surface area contributed by atoms with Gasteiger partial charge in [0, 0.05) is 14.1 Å².